The summed E-state index contributed by atoms with van der Waals surface area (Å²) in [4.78, 5) is 23.1. The maximum Gasteiger partial charge on any atom is 0.332 e. The van der Waals surface area contributed by atoms with Crippen LogP contribution in [0, 0.1) is 0 Å². The van der Waals surface area contributed by atoms with Gasteiger partial charge in [-0.2, -0.15) is 5.10 Å². The van der Waals surface area contributed by atoms with Gasteiger partial charge in [0.15, 0.2) is 11.5 Å². The minimum absolute atomic E-state index is 0.0302. The van der Waals surface area contributed by atoms with E-state index < -0.39 is 11.8 Å². The molecule has 0 radical (unpaired) electrons. The lowest BCUT2D eigenvalue weighted by atomic mass is 10.2. The highest BCUT2D eigenvalue weighted by Gasteiger charge is 2.20. The molecule has 0 saturated heterocycles. The van der Waals surface area contributed by atoms with Crippen molar-refractivity contribution < 1.29 is 23.5 Å². The molecule has 2 aromatic rings. The first-order valence-corrected chi connectivity index (χ1v) is 6.95. The van der Waals surface area contributed by atoms with Gasteiger partial charge >= 0.3 is 11.8 Å². The van der Waals surface area contributed by atoms with Crippen LogP contribution < -0.4 is 15.2 Å². The summed E-state index contributed by atoms with van der Waals surface area (Å²) in [6.07, 6.45) is 2.84. The van der Waals surface area contributed by atoms with Crippen LogP contribution in [0.15, 0.2) is 46.1 Å². The largest absolute Gasteiger partial charge is 0.493 e. The van der Waals surface area contributed by atoms with E-state index >= 15 is 0 Å². The molecule has 126 valence electrons. The number of rotatable bonds is 6. The molecular weight excluding hydrogens is 314 g/mol. The van der Waals surface area contributed by atoms with E-state index in [0.29, 0.717) is 22.8 Å². The number of hydrogen-bond acceptors (Lipinski definition) is 6. The maximum absolute atomic E-state index is 11.9. The van der Waals surface area contributed by atoms with Crippen molar-refractivity contribution in [3.63, 3.8) is 0 Å². The van der Waals surface area contributed by atoms with Crippen molar-refractivity contribution in [2.75, 3.05) is 14.2 Å². The summed E-state index contributed by atoms with van der Waals surface area (Å²) >= 11 is 0. The van der Waals surface area contributed by atoms with Crippen molar-refractivity contribution >= 4 is 18.0 Å². The Labute approximate surface area is 138 Å². The van der Waals surface area contributed by atoms with E-state index in [-0.39, 0.29) is 6.54 Å². The molecule has 8 nitrogen and oxygen atoms in total. The number of carbonyl (C=O) groups excluding carboxylic acids is 2. The molecule has 1 heterocycles. The van der Waals surface area contributed by atoms with E-state index in [9.17, 15) is 9.59 Å². The Morgan fingerprint density at radius 1 is 1.25 bits per heavy atom. The number of benzene rings is 1. The summed E-state index contributed by atoms with van der Waals surface area (Å²) in [5.74, 6) is -0.645. The van der Waals surface area contributed by atoms with Gasteiger partial charge in [-0.15, -0.1) is 0 Å². The molecule has 0 atom stereocenters. The van der Waals surface area contributed by atoms with E-state index in [1.807, 2.05) is 0 Å². The predicted octanol–water partition coefficient (Wildman–Crippen LogP) is 1.14. The summed E-state index contributed by atoms with van der Waals surface area (Å²) in [6.45, 7) is -0.0302. The zero-order valence-corrected chi connectivity index (χ0v) is 13.3. The average Bonchev–Trinajstić information content (AvgIpc) is 3.10. The first-order chi connectivity index (χ1) is 11.6. The van der Waals surface area contributed by atoms with Crippen LogP contribution in [0.1, 0.15) is 11.3 Å². The molecule has 0 aliphatic carbocycles. The lowest BCUT2D eigenvalue weighted by Gasteiger charge is -2.14. The molecule has 8 heteroatoms. The maximum atomic E-state index is 11.9. The quantitative estimate of drug-likeness (QED) is 0.485. The fraction of sp³-hybridized carbons (Fsp3) is 0.188. The van der Waals surface area contributed by atoms with Crippen molar-refractivity contribution in [1.29, 1.82) is 0 Å². The number of ether oxygens (including phenoxy) is 2. The minimum Gasteiger partial charge on any atom is -0.493 e. The third-order valence-electron chi connectivity index (χ3n) is 3.10. The SMILES string of the molecule is COc1cccc(/C=N/N(Cc2ccco2)C(=O)C(N)=O)c1OC. The van der Waals surface area contributed by atoms with Crippen molar-refractivity contribution in [3.8, 4) is 11.5 Å². The van der Waals surface area contributed by atoms with Crippen LogP contribution in [-0.4, -0.2) is 37.3 Å². The van der Waals surface area contributed by atoms with Gasteiger partial charge in [0, 0.05) is 5.56 Å². The summed E-state index contributed by atoms with van der Waals surface area (Å²) in [6, 6.07) is 8.52. The van der Waals surface area contributed by atoms with Crippen LogP contribution >= 0.6 is 0 Å². The number of nitrogens with zero attached hydrogens (tertiary/aromatic N) is 2. The van der Waals surface area contributed by atoms with Gasteiger partial charge in [0.2, 0.25) is 0 Å². The second-order valence-corrected chi connectivity index (χ2v) is 4.63. The molecule has 24 heavy (non-hydrogen) atoms. The highest BCUT2D eigenvalue weighted by Crippen LogP contribution is 2.29. The topological polar surface area (TPSA) is 107 Å². The van der Waals surface area contributed by atoms with Gasteiger partial charge in [0.05, 0.1) is 26.7 Å². The Bertz CT molecular complexity index is 740. The molecule has 2 amide bonds. The normalized spacial score (nSPS) is 10.6. The zero-order valence-electron chi connectivity index (χ0n) is 13.3. The number of hydrogen-bond donors (Lipinski definition) is 1. The standard InChI is InChI=1S/C16H17N3O5/c1-22-13-7-3-5-11(14(13)23-2)9-18-19(16(21)15(17)20)10-12-6-4-8-24-12/h3-9H,10H2,1-2H3,(H2,17,20)/b18-9+. The van der Waals surface area contributed by atoms with Gasteiger partial charge in [-0.1, -0.05) is 6.07 Å². The summed E-state index contributed by atoms with van der Waals surface area (Å²) in [7, 11) is 3.00. The smallest absolute Gasteiger partial charge is 0.332 e. The monoisotopic (exact) mass is 331 g/mol. The fourth-order valence-corrected chi connectivity index (χ4v) is 1.99. The molecule has 2 rings (SSSR count). The Hall–Kier alpha value is -3.29. The lowest BCUT2D eigenvalue weighted by Crippen LogP contribution is -2.36. The Balaban J connectivity index is 2.30. The van der Waals surface area contributed by atoms with Gasteiger partial charge in [-0.05, 0) is 24.3 Å². The molecule has 0 unspecified atom stereocenters. The summed E-state index contributed by atoms with van der Waals surface area (Å²) < 4.78 is 15.6. The molecule has 0 spiro atoms. The second-order valence-electron chi connectivity index (χ2n) is 4.63. The molecule has 1 aromatic carbocycles. The molecule has 0 fully saturated rings. The van der Waals surface area contributed by atoms with E-state index in [1.165, 1.54) is 26.7 Å². The van der Waals surface area contributed by atoms with E-state index in [0.717, 1.165) is 5.01 Å². The summed E-state index contributed by atoms with van der Waals surface area (Å²) in [5.41, 5.74) is 5.63. The minimum atomic E-state index is -1.11. The van der Waals surface area contributed by atoms with Gasteiger partial charge < -0.3 is 19.6 Å². The fourth-order valence-electron chi connectivity index (χ4n) is 1.99. The molecular formula is C16H17N3O5. The van der Waals surface area contributed by atoms with Crippen molar-refractivity contribution in [2.45, 2.75) is 6.54 Å². The number of primary amides is 1. The van der Waals surface area contributed by atoms with Crippen LogP contribution in [0.4, 0.5) is 0 Å². The Kier molecular flexibility index (Phi) is 5.56. The molecule has 0 aliphatic rings. The molecule has 1 aromatic heterocycles. The molecule has 0 aliphatic heterocycles. The van der Waals surface area contributed by atoms with Gasteiger partial charge in [0.25, 0.3) is 0 Å². The average molecular weight is 331 g/mol. The number of furan rings is 1. The molecule has 0 bridgehead atoms. The van der Waals surface area contributed by atoms with E-state index in [2.05, 4.69) is 5.10 Å². The third kappa shape index (κ3) is 3.92. The van der Waals surface area contributed by atoms with Gasteiger partial charge in [0.1, 0.15) is 12.3 Å². The van der Waals surface area contributed by atoms with Gasteiger partial charge in [-0.3, -0.25) is 9.59 Å². The van der Waals surface area contributed by atoms with Crippen LogP contribution in [0.25, 0.3) is 0 Å². The van der Waals surface area contributed by atoms with Crippen molar-refractivity contribution in [2.24, 2.45) is 10.8 Å². The van der Waals surface area contributed by atoms with Crippen LogP contribution in [0.3, 0.4) is 0 Å². The predicted molar refractivity (Wildman–Crippen MR) is 85.6 cm³/mol. The van der Waals surface area contributed by atoms with E-state index in [4.69, 9.17) is 19.6 Å². The van der Waals surface area contributed by atoms with E-state index in [1.54, 1.807) is 30.3 Å². The lowest BCUT2D eigenvalue weighted by molar-refractivity contribution is -0.144. The van der Waals surface area contributed by atoms with Crippen LogP contribution in [-0.2, 0) is 16.1 Å². The first-order valence-electron chi connectivity index (χ1n) is 6.95. The zero-order chi connectivity index (χ0) is 17.5. The van der Waals surface area contributed by atoms with Crippen molar-refractivity contribution in [1.82, 2.24) is 5.01 Å². The number of nitrogens with two attached hydrogens (primary N) is 1. The molecule has 0 saturated carbocycles. The van der Waals surface area contributed by atoms with Crippen LogP contribution in [0.2, 0.25) is 0 Å². The second kappa shape index (κ2) is 7.82. The number of hydrazone groups is 1. The molecule has 2 N–H and O–H groups in total. The highest BCUT2D eigenvalue weighted by atomic mass is 16.5. The Morgan fingerprint density at radius 2 is 2.04 bits per heavy atom. The Morgan fingerprint density at radius 3 is 2.62 bits per heavy atom. The highest BCUT2D eigenvalue weighted by molar-refractivity contribution is 6.34. The van der Waals surface area contributed by atoms with Gasteiger partial charge in [-0.25, -0.2) is 5.01 Å². The number of amides is 2. The first kappa shape index (κ1) is 17.1. The number of methoxy groups -OCH3 is 2. The summed E-state index contributed by atoms with van der Waals surface area (Å²) in [5, 5.41) is 4.95. The number of carbonyl (C=O) groups is 2. The number of para-hydroxylation sites is 1. The van der Waals surface area contributed by atoms with Crippen molar-refractivity contribution in [3.05, 3.63) is 47.9 Å². The van der Waals surface area contributed by atoms with Crippen LogP contribution in [0.5, 0.6) is 11.5 Å². The third-order valence-corrected chi connectivity index (χ3v) is 3.10.